The lowest BCUT2D eigenvalue weighted by Gasteiger charge is -2.26. The quantitative estimate of drug-likeness (QED) is 0.346. The zero-order valence-corrected chi connectivity index (χ0v) is 18.1. The summed E-state index contributed by atoms with van der Waals surface area (Å²) in [6.07, 6.45) is 0. The van der Waals surface area contributed by atoms with Crippen LogP contribution < -0.4 is 4.90 Å². The van der Waals surface area contributed by atoms with Crippen molar-refractivity contribution >= 4 is 11.4 Å². The van der Waals surface area contributed by atoms with Gasteiger partial charge in [0.25, 0.3) is 0 Å². The topological polar surface area (TPSA) is 3.24 Å². The van der Waals surface area contributed by atoms with E-state index in [-0.39, 0.29) is 5.41 Å². The lowest BCUT2D eigenvalue weighted by molar-refractivity contribution is 0.660. The number of fused-ring (bicyclic) bond motifs is 3. The van der Waals surface area contributed by atoms with Crippen molar-refractivity contribution in [2.75, 3.05) is 11.9 Å². The van der Waals surface area contributed by atoms with Gasteiger partial charge in [0.05, 0.1) is 0 Å². The molecule has 0 heterocycles. The molecule has 0 saturated heterocycles. The third-order valence-corrected chi connectivity index (χ3v) is 6.62. The molecular weight excluding hydrogens is 362 g/mol. The first-order valence-corrected chi connectivity index (χ1v) is 10.6. The van der Waals surface area contributed by atoms with Gasteiger partial charge in [-0.05, 0) is 70.1 Å². The van der Waals surface area contributed by atoms with Crippen LogP contribution in [0.5, 0.6) is 0 Å². The molecule has 0 bridgehead atoms. The Bertz CT molecular complexity index is 1230. The van der Waals surface area contributed by atoms with Crippen molar-refractivity contribution in [3.8, 4) is 22.3 Å². The van der Waals surface area contributed by atoms with Gasteiger partial charge in [-0.15, -0.1) is 0 Å². The number of rotatable bonds is 3. The summed E-state index contributed by atoms with van der Waals surface area (Å²) >= 11 is 0. The molecule has 0 fully saturated rings. The van der Waals surface area contributed by atoms with Crippen molar-refractivity contribution < 1.29 is 0 Å². The maximum absolute atomic E-state index is 2.37. The summed E-state index contributed by atoms with van der Waals surface area (Å²) in [6, 6.07) is 33.1. The second-order valence-electron chi connectivity index (χ2n) is 8.83. The molecule has 4 aromatic carbocycles. The Kier molecular flexibility index (Phi) is 4.29. The first kappa shape index (κ1) is 18.7. The first-order chi connectivity index (χ1) is 14.5. The SMILES string of the molecule is Cc1cc(-c2ccccc2)ccc1N(C)c1ccc2c(c1)C(C)(C)c1ccccc1-2. The second kappa shape index (κ2) is 6.88. The lowest BCUT2D eigenvalue weighted by atomic mass is 9.82. The van der Waals surface area contributed by atoms with Crippen LogP contribution in [0.15, 0.2) is 91.0 Å². The zero-order chi connectivity index (χ0) is 20.9. The van der Waals surface area contributed by atoms with Crippen molar-refractivity contribution in [2.24, 2.45) is 0 Å². The molecule has 4 aromatic rings. The Balaban J connectivity index is 1.53. The molecule has 0 N–H and O–H groups in total. The third kappa shape index (κ3) is 2.85. The van der Waals surface area contributed by atoms with Gasteiger partial charge < -0.3 is 4.90 Å². The highest BCUT2D eigenvalue weighted by Gasteiger charge is 2.35. The van der Waals surface area contributed by atoms with Gasteiger partial charge in [0.1, 0.15) is 0 Å². The molecule has 0 unspecified atom stereocenters. The van der Waals surface area contributed by atoms with Crippen LogP contribution >= 0.6 is 0 Å². The summed E-state index contributed by atoms with van der Waals surface area (Å²) in [5.41, 5.74) is 11.8. The molecule has 5 rings (SSSR count). The van der Waals surface area contributed by atoms with Gasteiger partial charge in [-0.3, -0.25) is 0 Å². The van der Waals surface area contributed by atoms with Crippen LogP contribution in [0.2, 0.25) is 0 Å². The van der Waals surface area contributed by atoms with E-state index in [0.717, 1.165) is 0 Å². The molecule has 1 heteroatoms. The fourth-order valence-electron chi connectivity index (χ4n) is 4.88. The predicted molar refractivity (Wildman–Crippen MR) is 129 cm³/mol. The Morgan fingerprint density at radius 2 is 1.33 bits per heavy atom. The predicted octanol–water partition coefficient (Wildman–Crippen LogP) is 7.74. The summed E-state index contributed by atoms with van der Waals surface area (Å²) in [7, 11) is 2.17. The van der Waals surface area contributed by atoms with Gasteiger partial charge >= 0.3 is 0 Å². The molecule has 0 spiro atoms. The molecule has 0 atom stereocenters. The van der Waals surface area contributed by atoms with Gasteiger partial charge in [0.2, 0.25) is 0 Å². The highest BCUT2D eigenvalue weighted by molar-refractivity contribution is 5.83. The van der Waals surface area contributed by atoms with Gasteiger partial charge in [0, 0.05) is 23.8 Å². The van der Waals surface area contributed by atoms with Crippen LogP contribution in [0.1, 0.15) is 30.5 Å². The van der Waals surface area contributed by atoms with Crippen molar-refractivity contribution in [3.05, 3.63) is 108 Å². The fourth-order valence-corrected chi connectivity index (χ4v) is 4.88. The Labute approximate surface area is 179 Å². The minimum Gasteiger partial charge on any atom is -0.344 e. The average molecular weight is 390 g/mol. The second-order valence-corrected chi connectivity index (χ2v) is 8.83. The van der Waals surface area contributed by atoms with E-state index in [2.05, 4.69) is 124 Å². The van der Waals surface area contributed by atoms with Crippen LogP contribution in [0, 0.1) is 6.92 Å². The smallest absolute Gasteiger partial charge is 0.0438 e. The molecule has 0 amide bonds. The van der Waals surface area contributed by atoms with E-state index in [1.807, 2.05) is 0 Å². The maximum Gasteiger partial charge on any atom is 0.0438 e. The van der Waals surface area contributed by atoms with E-state index in [9.17, 15) is 0 Å². The minimum atomic E-state index is 0.0228. The number of nitrogens with zero attached hydrogens (tertiary/aromatic N) is 1. The summed E-state index contributed by atoms with van der Waals surface area (Å²) < 4.78 is 0. The maximum atomic E-state index is 2.37. The van der Waals surface area contributed by atoms with Gasteiger partial charge in [-0.1, -0.05) is 80.6 Å². The van der Waals surface area contributed by atoms with Crippen molar-refractivity contribution in [1.82, 2.24) is 0 Å². The van der Waals surface area contributed by atoms with Gasteiger partial charge in [-0.25, -0.2) is 0 Å². The van der Waals surface area contributed by atoms with Crippen LogP contribution in [0.3, 0.4) is 0 Å². The highest BCUT2D eigenvalue weighted by Crippen LogP contribution is 2.49. The molecule has 30 heavy (non-hydrogen) atoms. The molecular formula is C29H27N. The standard InChI is InChI=1S/C29H27N/c1-20-18-22(21-10-6-5-7-11-21)14-17-28(20)30(4)23-15-16-25-24-12-8-9-13-26(24)29(2,3)27(25)19-23/h5-19H,1-4H3. The van der Waals surface area contributed by atoms with E-state index < -0.39 is 0 Å². The number of aryl methyl sites for hydroxylation is 1. The molecule has 1 aliphatic rings. The molecule has 1 aliphatic carbocycles. The summed E-state index contributed by atoms with van der Waals surface area (Å²) in [5.74, 6) is 0. The van der Waals surface area contributed by atoms with Crippen molar-refractivity contribution in [3.63, 3.8) is 0 Å². The monoisotopic (exact) mass is 389 g/mol. The molecule has 148 valence electrons. The number of hydrogen-bond acceptors (Lipinski definition) is 1. The summed E-state index contributed by atoms with van der Waals surface area (Å²) in [5, 5.41) is 0. The van der Waals surface area contributed by atoms with Crippen molar-refractivity contribution in [2.45, 2.75) is 26.2 Å². The molecule has 0 aliphatic heterocycles. The fraction of sp³-hybridized carbons (Fsp3) is 0.172. The highest BCUT2D eigenvalue weighted by atomic mass is 15.1. The normalized spacial score (nSPS) is 13.6. The van der Waals surface area contributed by atoms with Gasteiger partial charge in [0.15, 0.2) is 0 Å². The van der Waals surface area contributed by atoms with E-state index in [1.54, 1.807) is 0 Å². The number of anilines is 2. The van der Waals surface area contributed by atoms with Crippen LogP contribution in [-0.4, -0.2) is 7.05 Å². The van der Waals surface area contributed by atoms with E-state index in [0.29, 0.717) is 0 Å². The number of hydrogen-bond donors (Lipinski definition) is 0. The van der Waals surface area contributed by atoms with E-state index in [4.69, 9.17) is 0 Å². The Morgan fingerprint density at radius 3 is 2.10 bits per heavy atom. The van der Waals surface area contributed by atoms with Gasteiger partial charge in [-0.2, -0.15) is 0 Å². The number of benzene rings is 4. The molecule has 0 aromatic heterocycles. The molecule has 1 nitrogen and oxygen atoms in total. The summed E-state index contributed by atoms with van der Waals surface area (Å²) in [6.45, 7) is 6.87. The third-order valence-electron chi connectivity index (χ3n) is 6.62. The first-order valence-electron chi connectivity index (χ1n) is 10.6. The van der Waals surface area contributed by atoms with Crippen molar-refractivity contribution in [1.29, 1.82) is 0 Å². The van der Waals surface area contributed by atoms with E-state index in [1.165, 1.54) is 50.3 Å². The Morgan fingerprint density at radius 1 is 0.633 bits per heavy atom. The van der Waals surface area contributed by atoms with E-state index >= 15 is 0 Å². The molecule has 0 saturated carbocycles. The minimum absolute atomic E-state index is 0.0228. The summed E-state index contributed by atoms with van der Waals surface area (Å²) in [4.78, 5) is 2.31. The molecule has 0 radical (unpaired) electrons. The lowest BCUT2D eigenvalue weighted by Crippen LogP contribution is -2.16. The van der Waals surface area contributed by atoms with Crippen LogP contribution in [0.25, 0.3) is 22.3 Å². The largest absolute Gasteiger partial charge is 0.344 e. The average Bonchev–Trinajstić information content (AvgIpc) is 3.01. The Hall–Kier alpha value is -3.32. The van der Waals surface area contributed by atoms with Crippen LogP contribution in [-0.2, 0) is 5.41 Å². The zero-order valence-electron chi connectivity index (χ0n) is 18.1. The van der Waals surface area contributed by atoms with Crippen LogP contribution in [0.4, 0.5) is 11.4 Å².